The summed E-state index contributed by atoms with van der Waals surface area (Å²) in [5.74, 6) is 0.444. The van der Waals surface area contributed by atoms with Crippen LogP contribution in [0.15, 0.2) is 22.7 Å². The third-order valence-electron chi connectivity index (χ3n) is 3.10. The Labute approximate surface area is 110 Å². The average Bonchev–Trinajstić information content (AvgIpc) is 2.64. The monoisotopic (exact) mass is 301 g/mol. The molecule has 0 radical (unpaired) electrons. The van der Waals surface area contributed by atoms with Gasteiger partial charge in [0.2, 0.25) is 0 Å². The minimum atomic E-state index is -0.179. The summed E-state index contributed by atoms with van der Waals surface area (Å²) < 4.78 is 19.2. The molecule has 0 bridgehead atoms. The normalized spacial score (nSPS) is 21.0. The van der Waals surface area contributed by atoms with Gasteiger partial charge in [-0.05, 0) is 42.6 Å². The van der Waals surface area contributed by atoms with Gasteiger partial charge in [-0.25, -0.2) is 4.39 Å². The second-order valence-corrected chi connectivity index (χ2v) is 5.54. The number of nitrogens with zero attached hydrogens (tertiary/aromatic N) is 1. The van der Waals surface area contributed by atoms with Crippen molar-refractivity contribution >= 4 is 15.9 Å². The molecule has 4 heteroatoms. The van der Waals surface area contributed by atoms with E-state index >= 15 is 0 Å². The van der Waals surface area contributed by atoms with Crippen molar-refractivity contribution in [1.29, 1.82) is 0 Å². The molecule has 1 aromatic rings. The molecule has 0 amide bonds. The average molecular weight is 302 g/mol. The first kappa shape index (κ1) is 13.0. The van der Waals surface area contributed by atoms with Crippen LogP contribution in [-0.4, -0.2) is 31.7 Å². The van der Waals surface area contributed by atoms with Crippen LogP contribution in [0.2, 0.25) is 0 Å². The van der Waals surface area contributed by atoms with Gasteiger partial charge in [0.05, 0.1) is 6.61 Å². The quantitative estimate of drug-likeness (QED) is 0.847. The minimum Gasteiger partial charge on any atom is -0.384 e. The van der Waals surface area contributed by atoms with Crippen molar-refractivity contribution in [2.75, 3.05) is 26.8 Å². The summed E-state index contributed by atoms with van der Waals surface area (Å²) in [6, 6.07) is 5.07. The molecule has 0 spiro atoms. The Kier molecular flexibility index (Phi) is 4.54. The SMILES string of the molecule is COCC1CCN(Cc2cc(F)cc(Br)c2)C1. The minimum absolute atomic E-state index is 0.179. The maximum atomic E-state index is 13.2. The lowest BCUT2D eigenvalue weighted by Gasteiger charge is -2.16. The third kappa shape index (κ3) is 3.76. The molecule has 1 aliphatic rings. The Morgan fingerprint density at radius 1 is 1.47 bits per heavy atom. The van der Waals surface area contributed by atoms with E-state index in [9.17, 15) is 4.39 Å². The van der Waals surface area contributed by atoms with E-state index in [2.05, 4.69) is 20.8 Å². The predicted octanol–water partition coefficient (Wildman–Crippen LogP) is 3.06. The van der Waals surface area contributed by atoms with Crippen LogP contribution in [0.25, 0.3) is 0 Å². The highest BCUT2D eigenvalue weighted by atomic mass is 79.9. The standard InChI is InChI=1S/C13H17BrFNO/c1-17-9-10-2-3-16(7-10)8-11-4-12(14)6-13(15)5-11/h4-6,10H,2-3,7-9H2,1H3. The molecule has 2 nitrogen and oxygen atoms in total. The summed E-state index contributed by atoms with van der Waals surface area (Å²) in [5.41, 5.74) is 1.02. The van der Waals surface area contributed by atoms with E-state index in [1.807, 2.05) is 6.07 Å². The fourth-order valence-corrected chi connectivity index (χ4v) is 2.90. The first-order chi connectivity index (χ1) is 8.17. The Balaban J connectivity index is 1.93. The van der Waals surface area contributed by atoms with Crippen LogP contribution in [-0.2, 0) is 11.3 Å². The highest BCUT2D eigenvalue weighted by molar-refractivity contribution is 9.10. The van der Waals surface area contributed by atoms with Crippen LogP contribution in [0.3, 0.4) is 0 Å². The lowest BCUT2D eigenvalue weighted by atomic mass is 10.1. The summed E-state index contributed by atoms with van der Waals surface area (Å²) >= 11 is 3.32. The molecule has 1 atom stereocenters. The highest BCUT2D eigenvalue weighted by Crippen LogP contribution is 2.21. The van der Waals surface area contributed by atoms with E-state index in [0.717, 1.165) is 36.3 Å². The smallest absolute Gasteiger partial charge is 0.124 e. The van der Waals surface area contributed by atoms with E-state index in [-0.39, 0.29) is 5.82 Å². The number of halogens is 2. The lowest BCUT2D eigenvalue weighted by Crippen LogP contribution is -2.21. The van der Waals surface area contributed by atoms with Crippen molar-refractivity contribution in [3.8, 4) is 0 Å². The summed E-state index contributed by atoms with van der Waals surface area (Å²) in [6.07, 6.45) is 1.17. The molecular formula is C13H17BrFNO. The van der Waals surface area contributed by atoms with Gasteiger partial charge in [-0.2, -0.15) is 0 Å². The molecule has 2 rings (SSSR count). The summed E-state index contributed by atoms with van der Waals surface area (Å²) in [7, 11) is 1.74. The van der Waals surface area contributed by atoms with Crippen molar-refractivity contribution < 1.29 is 9.13 Å². The Bertz CT molecular complexity index is 365. The first-order valence-corrected chi connectivity index (χ1v) is 6.63. The fraction of sp³-hybridized carbons (Fsp3) is 0.538. The van der Waals surface area contributed by atoms with Crippen molar-refractivity contribution in [1.82, 2.24) is 4.90 Å². The molecule has 0 saturated carbocycles. The van der Waals surface area contributed by atoms with Gasteiger partial charge in [0.1, 0.15) is 5.82 Å². The lowest BCUT2D eigenvalue weighted by molar-refractivity contribution is 0.152. The van der Waals surface area contributed by atoms with Crippen molar-refractivity contribution in [3.05, 3.63) is 34.1 Å². The van der Waals surface area contributed by atoms with E-state index in [4.69, 9.17) is 4.74 Å². The Hall–Kier alpha value is -0.450. The van der Waals surface area contributed by atoms with Crippen LogP contribution in [0.4, 0.5) is 4.39 Å². The van der Waals surface area contributed by atoms with E-state index < -0.39 is 0 Å². The maximum Gasteiger partial charge on any atom is 0.124 e. The number of methoxy groups -OCH3 is 1. The zero-order valence-electron chi connectivity index (χ0n) is 9.96. The van der Waals surface area contributed by atoms with Crippen LogP contribution in [0.5, 0.6) is 0 Å². The zero-order valence-corrected chi connectivity index (χ0v) is 11.5. The first-order valence-electron chi connectivity index (χ1n) is 5.83. The highest BCUT2D eigenvalue weighted by Gasteiger charge is 2.22. The Morgan fingerprint density at radius 3 is 3.00 bits per heavy atom. The van der Waals surface area contributed by atoms with Crippen molar-refractivity contribution in [2.24, 2.45) is 5.92 Å². The van der Waals surface area contributed by atoms with Crippen LogP contribution < -0.4 is 0 Å². The fourth-order valence-electron chi connectivity index (χ4n) is 2.39. The Morgan fingerprint density at radius 2 is 2.29 bits per heavy atom. The summed E-state index contributed by atoms with van der Waals surface area (Å²) in [4.78, 5) is 2.35. The van der Waals surface area contributed by atoms with Gasteiger partial charge in [0.15, 0.2) is 0 Å². The predicted molar refractivity (Wildman–Crippen MR) is 69.4 cm³/mol. The van der Waals surface area contributed by atoms with Crippen LogP contribution in [0.1, 0.15) is 12.0 Å². The number of hydrogen-bond acceptors (Lipinski definition) is 2. The largest absolute Gasteiger partial charge is 0.384 e. The van der Waals surface area contributed by atoms with Gasteiger partial charge in [0.25, 0.3) is 0 Å². The molecule has 0 aromatic heterocycles. The van der Waals surface area contributed by atoms with Gasteiger partial charge in [-0.15, -0.1) is 0 Å². The summed E-state index contributed by atoms with van der Waals surface area (Å²) in [6.45, 7) is 3.75. The molecule has 0 aliphatic carbocycles. The molecule has 1 saturated heterocycles. The molecule has 17 heavy (non-hydrogen) atoms. The van der Waals surface area contributed by atoms with Gasteiger partial charge in [-0.1, -0.05) is 15.9 Å². The third-order valence-corrected chi connectivity index (χ3v) is 3.56. The molecule has 0 N–H and O–H groups in total. The van der Waals surface area contributed by atoms with Gasteiger partial charge < -0.3 is 4.74 Å². The second-order valence-electron chi connectivity index (χ2n) is 4.62. The number of likely N-dealkylation sites (tertiary alicyclic amines) is 1. The van der Waals surface area contributed by atoms with Gasteiger partial charge in [-0.3, -0.25) is 4.90 Å². The molecule has 1 aromatic carbocycles. The van der Waals surface area contributed by atoms with Crippen molar-refractivity contribution in [3.63, 3.8) is 0 Å². The molecule has 1 aliphatic heterocycles. The molecule has 1 unspecified atom stereocenters. The molecule has 94 valence electrons. The van der Waals surface area contributed by atoms with E-state index in [1.165, 1.54) is 12.5 Å². The number of rotatable bonds is 4. The van der Waals surface area contributed by atoms with Crippen molar-refractivity contribution in [2.45, 2.75) is 13.0 Å². The topological polar surface area (TPSA) is 12.5 Å². The van der Waals surface area contributed by atoms with Crippen LogP contribution in [0, 0.1) is 11.7 Å². The van der Waals surface area contributed by atoms with Crippen LogP contribution >= 0.6 is 15.9 Å². The maximum absolute atomic E-state index is 13.2. The van der Waals surface area contributed by atoms with E-state index in [0.29, 0.717) is 5.92 Å². The molecule has 1 heterocycles. The molecule has 1 fully saturated rings. The molecular weight excluding hydrogens is 285 g/mol. The number of benzene rings is 1. The number of hydrogen-bond donors (Lipinski definition) is 0. The summed E-state index contributed by atoms with van der Waals surface area (Å²) in [5, 5.41) is 0. The van der Waals surface area contributed by atoms with Gasteiger partial charge >= 0.3 is 0 Å². The second kappa shape index (κ2) is 5.94. The van der Waals surface area contributed by atoms with E-state index in [1.54, 1.807) is 13.2 Å². The zero-order chi connectivity index (χ0) is 12.3. The van der Waals surface area contributed by atoms with Gasteiger partial charge in [0, 0.05) is 24.7 Å². The number of ether oxygens (including phenoxy) is 1.